The molecule has 0 amide bonds. The van der Waals surface area contributed by atoms with E-state index in [0.29, 0.717) is 12.1 Å². The molecule has 1 heterocycles. The molecule has 0 spiro atoms. The Balaban J connectivity index is 1.97. The van der Waals surface area contributed by atoms with Crippen LogP contribution >= 0.6 is 0 Å². The van der Waals surface area contributed by atoms with Crippen molar-refractivity contribution in [2.45, 2.75) is 52.1 Å². The highest BCUT2D eigenvalue weighted by Gasteiger charge is 2.24. The lowest BCUT2D eigenvalue weighted by Crippen LogP contribution is -2.47. The molecule has 1 aliphatic heterocycles. The summed E-state index contributed by atoms with van der Waals surface area (Å²) in [7, 11) is 0. The van der Waals surface area contributed by atoms with E-state index in [1.807, 2.05) is 0 Å². The lowest BCUT2D eigenvalue weighted by molar-refractivity contribution is 0.369. The Bertz CT molecular complexity index is 375. The van der Waals surface area contributed by atoms with Crippen molar-refractivity contribution in [3.8, 4) is 0 Å². The van der Waals surface area contributed by atoms with E-state index in [4.69, 9.17) is 0 Å². The minimum Gasteiger partial charge on any atom is -0.369 e. The zero-order valence-electron chi connectivity index (χ0n) is 11.9. The first kappa shape index (κ1) is 13.4. The number of nitrogens with one attached hydrogen (secondary N) is 1. The third-order valence-electron chi connectivity index (χ3n) is 3.89. The smallest absolute Gasteiger partial charge is 0.0371 e. The van der Waals surface area contributed by atoms with Gasteiger partial charge in [-0.3, -0.25) is 0 Å². The number of piperidine rings is 1. The van der Waals surface area contributed by atoms with E-state index in [-0.39, 0.29) is 0 Å². The van der Waals surface area contributed by atoms with Crippen LogP contribution in [0.1, 0.15) is 38.7 Å². The molecule has 100 valence electrons. The van der Waals surface area contributed by atoms with Gasteiger partial charge in [-0.25, -0.2) is 0 Å². The molecule has 1 aromatic rings. The number of hydrogen-bond acceptors (Lipinski definition) is 2. The van der Waals surface area contributed by atoms with Crippen LogP contribution in [-0.4, -0.2) is 25.2 Å². The van der Waals surface area contributed by atoms with E-state index < -0.39 is 0 Å². The average molecular weight is 246 g/mol. The monoisotopic (exact) mass is 246 g/mol. The quantitative estimate of drug-likeness (QED) is 0.876. The van der Waals surface area contributed by atoms with Crippen LogP contribution < -0.4 is 10.2 Å². The maximum atomic E-state index is 3.66. The van der Waals surface area contributed by atoms with E-state index >= 15 is 0 Å². The minimum absolute atomic E-state index is 0.634. The van der Waals surface area contributed by atoms with Crippen molar-refractivity contribution in [2.75, 3.05) is 18.0 Å². The number of hydrogen-bond donors (Lipinski definition) is 1. The van der Waals surface area contributed by atoms with Gasteiger partial charge in [0.25, 0.3) is 0 Å². The maximum Gasteiger partial charge on any atom is 0.0371 e. The molecule has 1 N–H and O–H groups in total. The lowest BCUT2D eigenvalue weighted by Gasteiger charge is -2.39. The van der Waals surface area contributed by atoms with Gasteiger partial charge in [0.2, 0.25) is 0 Å². The van der Waals surface area contributed by atoms with Crippen molar-refractivity contribution in [2.24, 2.45) is 0 Å². The van der Waals surface area contributed by atoms with Crippen molar-refractivity contribution in [1.82, 2.24) is 5.32 Å². The number of benzene rings is 1. The molecule has 1 fully saturated rings. The summed E-state index contributed by atoms with van der Waals surface area (Å²) in [5, 5.41) is 3.66. The summed E-state index contributed by atoms with van der Waals surface area (Å²) in [6, 6.07) is 10.2. The second-order valence-electron chi connectivity index (χ2n) is 5.56. The topological polar surface area (TPSA) is 15.3 Å². The zero-order valence-corrected chi connectivity index (χ0v) is 11.9. The Morgan fingerprint density at radius 3 is 2.89 bits per heavy atom. The molecule has 2 atom stereocenters. The fourth-order valence-electron chi connectivity index (χ4n) is 2.90. The molecule has 2 heteroatoms. The first-order chi connectivity index (χ1) is 8.70. The van der Waals surface area contributed by atoms with Gasteiger partial charge in [-0.2, -0.15) is 0 Å². The van der Waals surface area contributed by atoms with Gasteiger partial charge in [-0.15, -0.1) is 0 Å². The van der Waals surface area contributed by atoms with E-state index in [0.717, 1.165) is 6.54 Å². The third-order valence-corrected chi connectivity index (χ3v) is 3.89. The van der Waals surface area contributed by atoms with E-state index in [1.54, 1.807) is 0 Å². The zero-order chi connectivity index (χ0) is 13.0. The molecule has 1 aromatic carbocycles. The predicted octanol–water partition coefficient (Wildman–Crippen LogP) is 3.35. The molecule has 1 saturated heterocycles. The number of aryl methyl sites for hydroxylation is 1. The normalized spacial score (nSPS) is 24.3. The number of rotatable bonds is 4. The predicted molar refractivity (Wildman–Crippen MR) is 79.3 cm³/mol. The average Bonchev–Trinajstić information content (AvgIpc) is 2.36. The summed E-state index contributed by atoms with van der Waals surface area (Å²) < 4.78 is 0. The Morgan fingerprint density at radius 1 is 1.39 bits per heavy atom. The Kier molecular flexibility index (Phi) is 4.65. The second kappa shape index (κ2) is 6.24. The van der Waals surface area contributed by atoms with Gasteiger partial charge >= 0.3 is 0 Å². The SMILES string of the molecule is CCCNC1CCN(c2cccc(C)c2)C(C)C1. The minimum atomic E-state index is 0.634. The van der Waals surface area contributed by atoms with Crippen LogP contribution in [0.5, 0.6) is 0 Å². The first-order valence-electron chi connectivity index (χ1n) is 7.27. The van der Waals surface area contributed by atoms with Crippen molar-refractivity contribution in [3.05, 3.63) is 29.8 Å². The standard InChI is InChI=1S/C16H26N2/c1-4-9-17-15-8-10-18(14(3)12-15)16-7-5-6-13(2)11-16/h5-7,11,14-15,17H,4,8-10,12H2,1-3H3. The molecular weight excluding hydrogens is 220 g/mol. The highest BCUT2D eigenvalue weighted by molar-refractivity contribution is 5.49. The largest absolute Gasteiger partial charge is 0.369 e. The summed E-state index contributed by atoms with van der Waals surface area (Å²) in [6.45, 7) is 9.08. The fourth-order valence-corrected chi connectivity index (χ4v) is 2.90. The Labute approximate surface area is 111 Å². The van der Waals surface area contributed by atoms with E-state index in [2.05, 4.69) is 55.3 Å². The molecule has 18 heavy (non-hydrogen) atoms. The first-order valence-corrected chi connectivity index (χ1v) is 7.27. The van der Waals surface area contributed by atoms with E-state index in [1.165, 1.54) is 37.1 Å². The number of nitrogens with zero attached hydrogens (tertiary/aromatic N) is 1. The van der Waals surface area contributed by atoms with Crippen LogP contribution in [0.25, 0.3) is 0 Å². The molecule has 2 unspecified atom stereocenters. The van der Waals surface area contributed by atoms with Crippen LogP contribution in [-0.2, 0) is 0 Å². The molecule has 0 saturated carbocycles. The van der Waals surface area contributed by atoms with Gasteiger partial charge in [0.05, 0.1) is 0 Å². The highest BCUT2D eigenvalue weighted by Crippen LogP contribution is 2.25. The van der Waals surface area contributed by atoms with Crippen LogP contribution in [0, 0.1) is 6.92 Å². The molecule has 0 aliphatic carbocycles. The molecule has 0 radical (unpaired) electrons. The molecule has 2 nitrogen and oxygen atoms in total. The summed E-state index contributed by atoms with van der Waals surface area (Å²) >= 11 is 0. The van der Waals surface area contributed by atoms with Gasteiger partial charge in [0.15, 0.2) is 0 Å². The Hall–Kier alpha value is -1.02. The van der Waals surface area contributed by atoms with Gasteiger partial charge in [-0.05, 0) is 57.4 Å². The maximum absolute atomic E-state index is 3.66. The lowest BCUT2D eigenvalue weighted by atomic mass is 9.97. The second-order valence-corrected chi connectivity index (χ2v) is 5.56. The molecule has 1 aliphatic rings. The summed E-state index contributed by atoms with van der Waals surface area (Å²) in [4.78, 5) is 2.55. The third kappa shape index (κ3) is 3.26. The molecular formula is C16H26N2. The van der Waals surface area contributed by atoms with E-state index in [9.17, 15) is 0 Å². The highest BCUT2D eigenvalue weighted by atomic mass is 15.2. The Morgan fingerprint density at radius 2 is 2.22 bits per heavy atom. The van der Waals surface area contributed by atoms with Crippen LogP contribution in [0.2, 0.25) is 0 Å². The van der Waals surface area contributed by atoms with Gasteiger partial charge < -0.3 is 10.2 Å². The summed E-state index contributed by atoms with van der Waals surface area (Å²) in [6.07, 6.45) is 3.75. The summed E-state index contributed by atoms with van der Waals surface area (Å²) in [5.41, 5.74) is 2.74. The number of anilines is 1. The molecule has 0 aromatic heterocycles. The molecule has 0 bridgehead atoms. The summed E-state index contributed by atoms with van der Waals surface area (Å²) in [5.74, 6) is 0. The van der Waals surface area contributed by atoms with Gasteiger partial charge in [0, 0.05) is 24.3 Å². The van der Waals surface area contributed by atoms with Crippen molar-refractivity contribution < 1.29 is 0 Å². The fraction of sp³-hybridized carbons (Fsp3) is 0.625. The van der Waals surface area contributed by atoms with Crippen LogP contribution in [0.15, 0.2) is 24.3 Å². The van der Waals surface area contributed by atoms with Crippen molar-refractivity contribution in [1.29, 1.82) is 0 Å². The molecule has 2 rings (SSSR count). The van der Waals surface area contributed by atoms with Crippen molar-refractivity contribution >= 4 is 5.69 Å². The van der Waals surface area contributed by atoms with Crippen LogP contribution in [0.4, 0.5) is 5.69 Å². The van der Waals surface area contributed by atoms with Gasteiger partial charge in [-0.1, -0.05) is 19.1 Å². The van der Waals surface area contributed by atoms with Gasteiger partial charge in [0.1, 0.15) is 0 Å². The van der Waals surface area contributed by atoms with Crippen LogP contribution in [0.3, 0.4) is 0 Å². The van der Waals surface area contributed by atoms with Crippen molar-refractivity contribution in [3.63, 3.8) is 0 Å².